The zero-order valence-corrected chi connectivity index (χ0v) is 7.39. The third-order valence-corrected chi connectivity index (χ3v) is 3.10. The van der Waals surface area contributed by atoms with Crippen molar-refractivity contribution in [1.29, 1.82) is 0 Å². The summed E-state index contributed by atoms with van der Waals surface area (Å²) in [6, 6.07) is 0. The van der Waals surface area contributed by atoms with E-state index in [4.69, 9.17) is 0 Å². The monoisotopic (exact) mass is 142 g/mol. The highest BCUT2D eigenvalue weighted by molar-refractivity contribution is 4.97. The number of aliphatic hydroxyl groups is 1. The average Bonchev–Trinajstić information content (AvgIpc) is 1.82. The van der Waals surface area contributed by atoms with Crippen LogP contribution in [0.5, 0.6) is 0 Å². The molecule has 0 bridgehead atoms. The van der Waals surface area contributed by atoms with Crippen LogP contribution >= 0.6 is 0 Å². The van der Waals surface area contributed by atoms with Gasteiger partial charge >= 0.3 is 0 Å². The van der Waals surface area contributed by atoms with E-state index >= 15 is 0 Å². The van der Waals surface area contributed by atoms with Gasteiger partial charge in [0.05, 0.1) is 6.10 Å². The summed E-state index contributed by atoms with van der Waals surface area (Å²) < 4.78 is 0. The van der Waals surface area contributed by atoms with Crippen molar-refractivity contribution in [2.75, 3.05) is 0 Å². The van der Waals surface area contributed by atoms with Gasteiger partial charge in [-0.05, 0) is 23.7 Å². The lowest BCUT2D eigenvalue weighted by Crippen LogP contribution is -2.51. The molecule has 0 aromatic heterocycles. The minimum absolute atomic E-state index is 0.0556. The molecular weight excluding hydrogens is 124 g/mol. The summed E-state index contributed by atoms with van der Waals surface area (Å²) in [5.74, 6) is 1.45. The quantitative estimate of drug-likeness (QED) is 0.594. The van der Waals surface area contributed by atoms with Gasteiger partial charge in [-0.15, -0.1) is 0 Å². The predicted octanol–water partition coefficient (Wildman–Crippen LogP) is 2.05. The van der Waals surface area contributed by atoms with E-state index in [2.05, 4.69) is 27.7 Å². The summed E-state index contributed by atoms with van der Waals surface area (Å²) >= 11 is 0. The Kier molecular flexibility index (Phi) is 1.80. The molecule has 1 saturated carbocycles. The molecule has 0 heterocycles. The molecule has 0 aliphatic heterocycles. The largest absolute Gasteiger partial charge is 0.393 e. The van der Waals surface area contributed by atoms with Crippen molar-refractivity contribution >= 4 is 0 Å². The molecule has 0 radical (unpaired) electrons. The van der Waals surface area contributed by atoms with E-state index in [1.807, 2.05) is 0 Å². The molecule has 1 unspecified atom stereocenters. The minimum Gasteiger partial charge on any atom is -0.393 e. The van der Waals surface area contributed by atoms with E-state index in [9.17, 15) is 5.11 Å². The first-order chi connectivity index (χ1) is 4.46. The van der Waals surface area contributed by atoms with Crippen LogP contribution in [-0.4, -0.2) is 11.2 Å². The lowest BCUT2D eigenvalue weighted by molar-refractivity contribution is -0.116. The molecule has 0 spiro atoms. The first kappa shape index (κ1) is 8.06. The van der Waals surface area contributed by atoms with Gasteiger partial charge in [0.15, 0.2) is 0 Å². The predicted molar refractivity (Wildman–Crippen MR) is 42.7 cm³/mol. The van der Waals surface area contributed by atoms with Crippen molar-refractivity contribution < 1.29 is 5.11 Å². The van der Waals surface area contributed by atoms with Gasteiger partial charge in [0.25, 0.3) is 0 Å². The van der Waals surface area contributed by atoms with Crippen LogP contribution in [0.25, 0.3) is 0 Å². The molecule has 1 N–H and O–H groups in total. The molecule has 0 amide bonds. The Bertz CT molecular complexity index is 127. The summed E-state index contributed by atoms with van der Waals surface area (Å²) in [5, 5.41) is 9.40. The molecule has 10 heavy (non-hydrogen) atoms. The molecule has 1 fully saturated rings. The van der Waals surface area contributed by atoms with Crippen LogP contribution in [0.3, 0.4) is 0 Å². The zero-order valence-electron chi connectivity index (χ0n) is 7.39. The van der Waals surface area contributed by atoms with E-state index in [1.54, 1.807) is 0 Å². The van der Waals surface area contributed by atoms with Crippen LogP contribution < -0.4 is 0 Å². The minimum atomic E-state index is -0.0556. The van der Waals surface area contributed by atoms with Crippen molar-refractivity contribution in [2.24, 2.45) is 17.3 Å². The fourth-order valence-corrected chi connectivity index (χ4v) is 2.07. The second-order valence-electron chi connectivity index (χ2n) is 4.42. The summed E-state index contributed by atoms with van der Waals surface area (Å²) in [6.45, 7) is 8.79. The Morgan fingerprint density at radius 2 is 1.90 bits per heavy atom. The Labute approximate surface area is 63.4 Å². The normalized spacial score (nSPS) is 37.8. The molecule has 1 heteroatoms. The van der Waals surface area contributed by atoms with Crippen molar-refractivity contribution in [2.45, 2.75) is 40.2 Å². The van der Waals surface area contributed by atoms with Crippen LogP contribution in [-0.2, 0) is 0 Å². The maximum atomic E-state index is 9.40. The Morgan fingerprint density at radius 1 is 1.40 bits per heavy atom. The van der Waals surface area contributed by atoms with Gasteiger partial charge in [-0.25, -0.2) is 0 Å². The van der Waals surface area contributed by atoms with E-state index in [1.165, 1.54) is 0 Å². The van der Waals surface area contributed by atoms with Gasteiger partial charge < -0.3 is 5.11 Å². The molecular formula is C9H18O. The van der Waals surface area contributed by atoms with Crippen LogP contribution in [0.2, 0.25) is 0 Å². The summed E-state index contributed by atoms with van der Waals surface area (Å²) in [5.41, 5.74) is 0.175. The summed E-state index contributed by atoms with van der Waals surface area (Å²) in [6.07, 6.45) is 0.949. The lowest BCUT2D eigenvalue weighted by Gasteiger charge is -2.51. The fourth-order valence-electron chi connectivity index (χ4n) is 2.07. The van der Waals surface area contributed by atoms with E-state index in [0.717, 1.165) is 18.3 Å². The smallest absolute Gasteiger partial charge is 0.0596 e. The maximum absolute atomic E-state index is 9.40. The molecule has 1 aliphatic carbocycles. The first-order valence-electron chi connectivity index (χ1n) is 4.14. The van der Waals surface area contributed by atoms with Gasteiger partial charge in [0, 0.05) is 0 Å². The third-order valence-electron chi connectivity index (χ3n) is 3.10. The highest BCUT2D eigenvalue weighted by Gasteiger charge is 2.48. The lowest BCUT2D eigenvalue weighted by atomic mass is 9.56. The average molecular weight is 142 g/mol. The molecule has 0 aromatic carbocycles. The van der Waals surface area contributed by atoms with Gasteiger partial charge in [0.1, 0.15) is 0 Å². The molecule has 60 valence electrons. The van der Waals surface area contributed by atoms with Gasteiger partial charge in [-0.2, -0.15) is 0 Å². The highest BCUT2D eigenvalue weighted by Crippen LogP contribution is 2.49. The molecule has 0 saturated heterocycles. The second-order valence-corrected chi connectivity index (χ2v) is 4.42. The SMILES string of the molecule is CC(C)[C@@H]1CC(O)C1(C)C. The fraction of sp³-hybridized carbons (Fsp3) is 1.00. The number of aliphatic hydroxyl groups excluding tert-OH is 1. The molecule has 1 aliphatic rings. The topological polar surface area (TPSA) is 20.2 Å². The molecule has 1 nitrogen and oxygen atoms in total. The summed E-state index contributed by atoms with van der Waals surface area (Å²) in [7, 11) is 0. The Morgan fingerprint density at radius 3 is 2.00 bits per heavy atom. The molecule has 0 aromatic rings. The highest BCUT2D eigenvalue weighted by atomic mass is 16.3. The van der Waals surface area contributed by atoms with Crippen molar-refractivity contribution in [3.63, 3.8) is 0 Å². The van der Waals surface area contributed by atoms with Gasteiger partial charge in [-0.1, -0.05) is 27.7 Å². The Balaban J connectivity index is 2.55. The van der Waals surface area contributed by atoms with Gasteiger partial charge in [-0.3, -0.25) is 0 Å². The van der Waals surface area contributed by atoms with Crippen LogP contribution in [0, 0.1) is 17.3 Å². The summed E-state index contributed by atoms with van der Waals surface area (Å²) in [4.78, 5) is 0. The number of hydrogen-bond donors (Lipinski definition) is 1. The second kappa shape index (κ2) is 2.23. The zero-order chi connectivity index (χ0) is 7.94. The van der Waals surface area contributed by atoms with E-state index < -0.39 is 0 Å². The third kappa shape index (κ3) is 0.968. The van der Waals surface area contributed by atoms with Crippen molar-refractivity contribution in [3.05, 3.63) is 0 Å². The number of hydrogen-bond acceptors (Lipinski definition) is 1. The van der Waals surface area contributed by atoms with Gasteiger partial charge in [0.2, 0.25) is 0 Å². The van der Waals surface area contributed by atoms with Crippen LogP contribution in [0.4, 0.5) is 0 Å². The van der Waals surface area contributed by atoms with Crippen LogP contribution in [0.15, 0.2) is 0 Å². The maximum Gasteiger partial charge on any atom is 0.0596 e. The van der Waals surface area contributed by atoms with E-state index in [0.29, 0.717) is 0 Å². The van der Waals surface area contributed by atoms with Crippen LogP contribution in [0.1, 0.15) is 34.1 Å². The first-order valence-corrected chi connectivity index (χ1v) is 4.14. The Hall–Kier alpha value is -0.0400. The van der Waals surface area contributed by atoms with Crippen molar-refractivity contribution in [1.82, 2.24) is 0 Å². The standard InChI is InChI=1S/C9H18O/c1-6(2)7-5-8(10)9(7,3)4/h6-8,10H,5H2,1-4H3/t7-,8?/m0/s1. The van der Waals surface area contributed by atoms with Crippen molar-refractivity contribution in [3.8, 4) is 0 Å². The molecule has 1 rings (SSSR count). The number of rotatable bonds is 1. The molecule has 2 atom stereocenters. The van der Waals surface area contributed by atoms with E-state index in [-0.39, 0.29) is 11.5 Å².